The van der Waals surface area contributed by atoms with Crippen LogP contribution in [-0.4, -0.2) is 12.5 Å². The first-order valence-electron chi connectivity index (χ1n) is 9.41. The molecule has 28 heavy (non-hydrogen) atoms. The van der Waals surface area contributed by atoms with Gasteiger partial charge in [-0.15, -0.1) is 0 Å². The number of carbonyl (C=O) groups is 1. The van der Waals surface area contributed by atoms with Gasteiger partial charge < -0.3 is 10.6 Å². The van der Waals surface area contributed by atoms with Crippen molar-refractivity contribution in [1.82, 2.24) is 5.32 Å². The number of benzene rings is 4. The molecule has 0 heterocycles. The summed E-state index contributed by atoms with van der Waals surface area (Å²) in [5.74, 6) is -0.0501. The Morgan fingerprint density at radius 2 is 1.25 bits per heavy atom. The average molecular weight is 366 g/mol. The maximum Gasteiger partial charge on any atom is 0.240 e. The smallest absolute Gasteiger partial charge is 0.240 e. The third-order valence-corrected chi connectivity index (χ3v) is 4.77. The van der Waals surface area contributed by atoms with Crippen molar-refractivity contribution in [2.75, 3.05) is 11.9 Å². The lowest BCUT2D eigenvalue weighted by atomic mass is 9.99. The van der Waals surface area contributed by atoms with Gasteiger partial charge in [0.2, 0.25) is 5.91 Å². The molecular weight excluding hydrogens is 344 g/mol. The lowest BCUT2D eigenvalue weighted by molar-refractivity contribution is -0.119. The van der Waals surface area contributed by atoms with Gasteiger partial charge in [-0.25, -0.2) is 0 Å². The van der Waals surface area contributed by atoms with E-state index in [0.29, 0.717) is 0 Å². The molecule has 0 bridgehead atoms. The highest BCUT2D eigenvalue weighted by atomic mass is 16.1. The normalized spacial score (nSPS) is 10.8. The lowest BCUT2D eigenvalue weighted by Crippen LogP contribution is -2.33. The SMILES string of the molecule is O=C(CNc1ccc2ccccc2c1)NC(c1ccccc1)c1ccccc1. The van der Waals surface area contributed by atoms with Gasteiger partial charge in [-0.3, -0.25) is 4.79 Å². The summed E-state index contributed by atoms with van der Waals surface area (Å²) in [7, 11) is 0. The average Bonchev–Trinajstić information content (AvgIpc) is 2.77. The molecule has 0 fully saturated rings. The molecule has 0 spiro atoms. The Morgan fingerprint density at radius 1 is 0.679 bits per heavy atom. The zero-order chi connectivity index (χ0) is 19.2. The maximum atomic E-state index is 12.7. The van der Waals surface area contributed by atoms with E-state index in [1.54, 1.807) is 0 Å². The van der Waals surface area contributed by atoms with Crippen LogP contribution in [0.5, 0.6) is 0 Å². The van der Waals surface area contributed by atoms with E-state index in [4.69, 9.17) is 0 Å². The first kappa shape index (κ1) is 17.8. The summed E-state index contributed by atoms with van der Waals surface area (Å²) in [6.45, 7) is 0.217. The van der Waals surface area contributed by atoms with Crippen LogP contribution < -0.4 is 10.6 Å². The molecule has 138 valence electrons. The highest BCUT2D eigenvalue weighted by Crippen LogP contribution is 2.22. The minimum atomic E-state index is -0.173. The summed E-state index contributed by atoms with van der Waals surface area (Å²) in [5, 5.41) is 8.73. The molecule has 0 radical (unpaired) electrons. The molecule has 0 saturated carbocycles. The monoisotopic (exact) mass is 366 g/mol. The van der Waals surface area contributed by atoms with E-state index in [9.17, 15) is 4.79 Å². The van der Waals surface area contributed by atoms with E-state index in [2.05, 4.69) is 34.9 Å². The number of carbonyl (C=O) groups excluding carboxylic acids is 1. The molecule has 0 aromatic heterocycles. The molecule has 0 atom stereocenters. The molecule has 0 aliphatic heterocycles. The molecule has 4 rings (SSSR count). The summed E-state index contributed by atoms with van der Waals surface area (Å²) in [6.07, 6.45) is 0. The third kappa shape index (κ3) is 4.21. The Hall–Kier alpha value is -3.59. The second kappa shape index (κ2) is 8.40. The summed E-state index contributed by atoms with van der Waals surface area (Å²) in [6, 6.07) is 34.2. The highest BCUT2D eigenvalue weighted by Gasteiger charge is 2.16. The lowest BCUT2D eigenvalue weighted by Gasteiger charge is -2.20. The van der Waals surface area contributed by atoms with Gasteiger partial charge in [-0.05, 0) is 34.0 Å². The van der Waals surface area contributed by atoms with E-state index >= 15 is 0 Å². The highest BCUT2D eigenvalue weighted by molar-refractivity contribution is 5.87. The maximum absolute atomic E-state index is 12.7. The minimum Gasteiger partial charge on any atom is -0.376 e. The van der Waals surface area contributed by atoms with Crippen LogP contribution in [-0.2, 0) is 4.79 Å². The van der Waals surface area contributed by atoms with E-state index in [1.807, 2.05) is 78.9 Å². The van der Waals surface area contributed by atoms with Crippen LogP contribution in [0.25, 0.3) is 10.8 Å². The number of hydrogen-bond donors (Lipinski definition) is 2. The van der Waals surface area contributed by atoms with Crippen molar-refractivity contribution in [3.8, 4) is 0 Å². The summed E-state index contributed by atoms with van der Waals surface area (Å²) in [5.41, 5.74) is 3.06. The number of fused-ring (bicyclic) bond motifs is 1. The van der Waals surface area contributed by atoms with Crippen LogP contribution in [0.3, 0.4) is 0 Å². The van der Waals surface area contributed by atoms with E-state index < -0.39 is 0 Å². The molecule has 1 amide bonds. The topological polar surface area (TPSA) is 41.1 Å². The molecule has 0 saturated heterocycles. The minimum absolute atomic E-state index is 0.0501. The van der Waals surface area contributed by atoms with Gasteiger partial charge in [0, 0.05) is 5.69 Å². The van der Waals surface area contributed by atoms with Crippen LogP contribution in [0.15, 0.2) is 103 Å². The number of hydrogen-bond acceptors (Lipinski definition) is 2. The van der Waals surface area contributed by atoms with E-state index in [-0.39, 0.29) is 18.5 Å². The summed E-state index contributed by atoms with van der Waals surface area (Å²) in [4.78, 5) is 12.7. The van der Waals surface area contributed by atoms with Gasteiger partial charge in [0.15, 0.2) is 0 Å². The predicted molar refractivity (Wildman–Crippen MR) is 115 cm³/mol. The van der Waals surface area contributed by atoms with Gasteiger partial charge >= 0.3 is 0 Å². The Morgan fingerprint density at radius 3 is 1.89 bits per heavy atom. The fourth-order valence-electron chi connectivity index (χ4n) is 3.34. The van der Waals surface area contributed by atoms with Gasteiger partial charge in [-0.2, -0.15) is 0 Å². The van der Waals surface area contributed by atoms with Crippen LogP contribution in [0.4, 0.5) is 5.69 Å². The third-order valence-electron chi connectivity index (χ3n) is 4.77. The molecule has 0 unspecified atom stereocenters. The van der Waals surface area contributed by atoms with E-state index in [0.717, 1.165) is 22.2 Å². The standard InChI is InChI=1S/C25H22N2O/c28-24(18-26-23-16-15-19-9-7-8-14-22(19)17-23)27-25(20-10-3-1-4-11-20)21-12-5-2-6-13-21/h1-17,25-26H,18H2,(H,27,28). The number of rotatable bonds is 6. The fourth-order valence-corrected chi connectivity index (χ4v) is 3.34. The van der Waals surface area contributed by atoms with Crippen molar-refractivity contribution in [2.24, 2.45) is 0 Å². The molecule has 2 N–H and O–H groups in total. The van der Waals surface area contributed by atoms with Crippen molar-refractivity contribution >= 4 is 22.4 Å². The first-order valence-corrected chi connectivity index (χ1v) is 9.41. The molecular formula is C25H22N2O. The Labute approximate surface area is 165 Å². The molecule has 4 aromatic carbocycles. The number of nitrogens with one attached hydrogen (secondary N) is 2. The van der Waals surface area contributed by atoms with Crippen LogP contribution >= 0.6 is 0 Å². The van der Waals surface area contributed by atoms with Gasteiger partial charge in [0.1, 0.15) is 0 Å². The van der Waals surface area contributed by atoms with Gasteiger partial charge in [0.05, 0.1) is 12.6 Å². The van der Waals surface area contributed by atoms with Crippen molar-refractivity contribution in [1.29, 1.82) is 0 Å². The van der Waals surface area contributed by atoms with E-state index in [1.165, 1.54) is 5.39 Å². The molecule has 3 heteroatoms. The summed E-state index contributed by atoms with van der Waals surface area (Å²) >= 11 is 0. The fraction of sp³-hybridized carbons (Fsp3) is 0.0800. The van der Waals surface area contributed by atoms with Crippen molar-refractivity contribution in [3.63, 3.8) is 0 Å². The van der Waals surface area contributed by atoms with Crippen molar-refractivity contribution in [2.45, 2.75) is 6.04 Å². The Balaban J connectivity index is 1.47. The molecule has 3 nitrogen and oxygen atoms in total. The zero-order valence-electron chi connectivity index (χ0n) is 15.5. The zero-order valence-corrected chi connectivity index (χ0v) is 15.5. The predicted octanol–water partition coefficient (Wildman–Crippen LogP) is 5.16. The molecule has 0 aliphatic rings. The quantitative estimate of drug-likeness (QED) is 0.495. The van der Waals surface area contributed by atoms with Crippen LogP contribution in [0.1, 0.15) is 17.2 Å². The number of anilines is 1. The van der Waals surface area contributed by atoms with Crippen molar-refractivity contribution in [3.05, 3.63) is 114 Å². The largest absolute Gasteiger partial charge is 0.376 e. The van der Waals surface area contributed by atoms with Crippen molar-refractivity contribution < 1.29 is 4.79 Å². The summed E-state index contributed by atoms with van der Waals surface area (Å²) < 4.78 is 0. The molecule has 4 aromatic rings. The van der Waals surface area contributed by atoms with Crippen LogP contribution in [0, 0.1) is 0 Å². The number of amides is 1. The Bertz CT molecular complexity index is 1020. The first-order chi connectivity index (χ1) is 13.8. The van der Waals surface area contributed by atoms with Gasteiger partial charge in [0.25, 0.3) is 0 Å². The second-order valence-electron chi connectivity index (χ2n) is 6.74. The second-order valence-corrected chi connectivity index (χ2v) is 6.74. The Kier molecular flexibility index (Phi) is 5.34. The van der Waals surface area contributed by atoms with Gasteiger partial charge in [-0.1, -0.05) is 91.0 Å². The van der Waals surface area contributed by atoms with Crippen LogP contribution in [0.2, 0.25) is 0 Å². The molecule has 0 aliphatic carbocycles.